The van der Waals surface area contributed by atoms with Crippen LogP contribution in [-0.2, 0) is 19.4 Å². The number of nitriles is 1. The lowest BCUT2D eigenvalue weighted by Crippen LogP contribution is -2.50. The predicted octanol–water partition coefficient (Wildman–Crippen LogP) is 2.84. The van der Waals surface area contributed by atoms with Gasteiger partial charge in [0.05, 0.1) is 21.2 Å². The van der Waals surface area contributed by atoms with Crippen LogP contribution in [0.4, 0.5) is 0 Å². The zero-order chi connectivity index (χ0) is 22.2. The van der Waals surface area contributed by atoms with Gasteiger partial charge in [0.25, 0.3) is 0 Å². The number of rotatable bonds is 5. The standard InChI is InChI=1S/C22H26ClN3O4S/c23-17-8-4-5-9-19(17)31(29,30)16-12-18(20(27)25-22(14-24)10-11-22)26(13-16)21(28)15-6-2-1-3-7-15/h4-5,8-9,15-16,18H,1-3,6-7,10-13H2,(H,25,27). The highest BCUT2D eigenvalue weighted by molar-refractivity contribution is 7.92. The Morgan fingerprint density at radius 1 is 1.16 bits per heavy atom. The highest BCUT2D eigenvalue weighted by Gasteiger charge is 2.51. The van der Waals surface area contributed by atoms with Crippen molar-refractivity contribution in [3.63, 3.8) is 0 Å². The normalized spacial score (nSPS) is 25.6. The third-order valence-corrected chi connectivity index (χ3v) is 9.34. The molecule has 0 radical (unpaired) electrons. The van der Waals surface area contributed by atoms with Crippen LogP contribution in [0.25, 0.3) is 0 Å². The van der Waals surface area contributed by atoms with Gasteiger partial charge >= 0.3 is 0 Å². The Balaban J connectivity index is 1.61. The summed E-state index contributed by atoms with van der Waals surface area (Å²) in [4.78, 5) is 27.8. The molecule has 2 amide bonds. The summed E-state index contributed by atoms with van der Waals surface area (Å²) in [5.74, 6) is -0.782. The first-order chi connectivity index (χ1) is 14.8. The molecule has 1 aromatic carbocycles. The van der Waals surface area contributed by atoms with Crippen molar-refractivity contribution in [1.82, 2.24) is 10.2 Å². The van der Waals surface area contributed by atoms with E-state index in [4.69, 9.17) is 11.6 Å². The maximum Gasteiger partial charge on any atom is 0.244 e. The van der Waals surface area contributed by atoms with Crippen LogP contribution in [0.5, 0.6) is 0 Å². The number of sulfone groups is 1. The molecule has 1 heterocycles. The number of hydrogen-bond donors (Lipinski definition) is 1. The van der Waals surface area contributed by atoms with Crippen molar-refractivity contribution in [2.75, 3.05) is 6.54 Å². The predicted molar refractivity (Wildman–Crippen MR) is 115 cm³/mol. The average molecular weight is 464 g/mol. The van der Waals surface area contributed by atoms with Crippen LogP contribution in [0.2, 0.25) is 5.02 Å². The van der Waals surface area contributed by atoms with Crippen molar-refractivity contribution < 1.29 is 18.0 Å². The van der Waals surface area contributed by atoms with Crippen LogP contribution in [-0.4, -0.2) is 48.5 Å². The summed E-state index contributed by atoms with van der Waals surface area (Å²) in [5.41, 5.74) is -0.879. The van der Waals surface area contributed by atoms with Gasteiger partial charge in [0, 0.05) is 12.5 Å². The zero-order valence-corrected chi connectivity index (χ0v) is 18.8. The van der Waals surface area contributed by atoms with E-state index in [2.05, 4.69) is 11.4 Å². The average Bonchev–Trinajstić information content (AvgIpc) is 3.39. The Labute approximate surface area is 187 Å². The lowest BCUT2D eigenvalue weighted by atomic mass is 9.88. The quantitative estimate of drug-likeness (QED) is 0.722. The van der Waals surface area contributed by atoms with Gasteiger partial charge in [0.15, 0.2) is 9.84 Å². The van der Waals surface area contributed by atoms with Crippen molar-refractivity contribution in [2.24, 2.45) is 5.92 Å². The van der Waals surface area contributed by atoms with E-state index < -0.39 is 32.6 Å². The Morgan fingerprint density at radius 2 is 1.84 bits per heavy atom. The molecule has 7 nitrogen and oxygen atoms in total. The third kappa shape index (κ3) is 4.31. The van der Waals surface area contributed by atoms with Crippen LogP contribution < -0.4 is 5.32 Å². The SMILES string of the molecule is N#CC1(NC(=O)C2CC(S(=O)(=O)c3ccccc3Cl)CN2C(=O)C2CCCCC2)CC1. The molecule has 3 fully saturated rings. The molecule has 0 spiro atoms. The zero-order valence-electron chi connectivity index (χ0n) is 17.2. The van der Waals surface area contributed by atoms with E-state index >= 15 is 0 Å². The fourth-order valence-electron chi connectivity index (χ4n) is 4.66. The number of nitrogens with one attached hydrogen (secondary N) is 1. The molecule has 31 heavy (non-hydrogen) atoms. The molecule has 166 valence electrons. The summed E-state index contributed by atoms with van der Waals surface area (Å²) in [7, 11) is -3.84. The van der Waals surface area contributed by atoms with Crippen molar-refractivity contribution in [2.45, 2.75) is 73.1 Å². The number of carbonyl (C=O) groups excluding carboxylic acids is 2. The molecule has 9 heteroatoms. The summed E-state index contributed by atoms with van der Waals surface area (Å²) in [6.07, 6.45) is 5.66. The molecule has 1 aliphatic heterocycles. The Hall–Kier alpha value is -2.11. The van der Waals surface area contributed by atoms with Gasteiger partial charge < -0.3 is 10.2 Å². The number of halogens is 1. The number of benzene rings is 1. The minimum Gasteiger partial charge on any atom is -0.336 e. The van der Waals surface area contributed by atoms with E-state index in [0.717, 1.165) is 32.1 Å². The molecule has 3 aliphatic rings. The van der Waals surface area contributed by atoms with Crippen LogP contribution in [0, 0.1) is 17.2 Å². The summed E-state index contributed by atoms with van der Waals surface area (Å²) in [5, 5.41) is 11.3. The van der Waals surface area contributed by atoms with E-state index in [1.54, 1.807) is 12.1 Å². The van der Waals surface area contributed by atoms with Gasteiger partial charge in [-0.1, -0.05) is 43.0 Å². The van der Waals surface area contributed by atoms with Crippen LogP contribution in [0.1, 0.15) is 51.4 Å². The number of carbonyl (C=O) groups is 2. The van der Waals surface area contributed by atoms with E-state index in [1.165, 1.54) is 17.0 Å². The van der Waals surface area contributed by atoms with Crippen LogP contribution in [0.15, 0.2) is 29.2 Å². The molecule has 2 saturated carbocycles. The minimum absolute atomic E-state index is 0.000636. The van der Waals surface area contributed by atoms with Crippen molar-refractivity contribution in [3.05, 3.63) is 29.3 Å². The van der Waals surface area contributed by atoms with Crippen molar-refractivity contribution >= 4 is 33.3 Å². The third-order valence-electron chi connectivity index (χ3n) is 6.71. The molecule has 0 bridgehead atoms. The Kier molecular flexibility index (Phi) is 6.01. The first-order valence-corrected chi connectivity index (χ1v) is 12.7. The summed E-state index contributed by atoms with van der Waals surface area (Å²) < 4.78 is 26.6. The number of nitrogens with zero attached hydrogens (tertiary/aromatic N) is 2. The number of amides is 2. The molecule has 2 atom stereocenters. The maximum atomic E-state index is 13.3. The molecule has 1 saturated heterocycles. The molecule has 0 aromatic heterocycles. The second-order valence-corrected chi connectivity index (χ2v) is 11.5. The van der Waals surface area contributed by atoms with Gasteiger partial charge in [-0.25, -0.2) is 8.42 Å². The lowest BCUT2D eigenvalue weighted by Gasteiger charge is -2.30. The molecular weight excluding hydrogens is 438 g/mol. The Bertz CT molecular complexity index is 1030. The number of hydrogen-bond acceptors (Lipinski definition) is 5. The highest BCUT2D eigenvalue weighted by Crippen LogP contribution is 2.37. The van der Waals surface area contributed by atoms with Gasteiger partial charge in [0.1, 0.15) is 11.6 Å². The second-order valence-electron chi connectivity index (χ2n) is 8.86. The van der Waals surface area contributed by atoms with E-state index in [1.807, 2.05) is 0 Å². The molecule has 2 aliphatic carbocycles. The maximum absolute atomic E-state index is 13.3. The van der Waals surface area contributed by atoms with Gasteiger partial charge in [-0.3, -0.25) is 9.59 Å². The van der Waals surface area contributed by atoms with Crippen LogP contribution in [0.3, 0.4) is 0 Å². The van der Waals surface area contributed by atoms with Crippen molar-refractivity contribution in [1.29, 1.82) is 5.26 Å². The molecular formula is C22H26ClN3O4S. The molecule has 4 rings (SSSR count). The fraction of sp³-hybridized carbons (Fsp3) is 0.591. The van der Waals surface area contributed by atoms with Gasteiger partial charge in [-0.05, 0) is 44.2 Å². The summed E-state index contributed by atoms with van der Waals surface area (Å²) >= 11 is 6.15. The molecule has 1 N–H and O–H groups in total. The topological polar surface area (TPSA) is 107 Å². The van der Waals surface area contributed by atoms with Gasteiger partial charge in [-0.15, -0.1) is 0 Å². The highest BCUT2D eigenvalue weighted by atomic mass is 35.5. The fourth-order valence-corrected chi connectivity index (χ4v) is 6.88. The largest absolute Gasteiger partial charge is 0.336 e. The summed E-state index contributed by atoms with van der Waals surface area (Å²) in [6, 6.07) is 7.44. The summed E-state index contributed by atoms with van der Waals surface area (Å²) in [6.45, 7) is -0.0411. The minimum atomic E-state index is -3.84. The first kappa shape index (κ1) is 22.1. The smallest absolute Gasteiger partial charge is 0.244 e. The second kappa shape index (κ2) is 8.44. The van der Waals surface area contributed by atoms with Crippen LogP contribution >= 0.6 is 11.6 Å². The molecule has 1 aromatic rings. The number of likely N-dealkylation sites (tertiary alicyclic amines) is 1. The van der Waals surface area contributed by atoms with Crippen molar-refractivity contribution in [3.8, 4) is 6.07 Å². The van der Waals surface area contributed by atoms with Gasteiger partial charge in [-0.2, -0.15) is 5.26 Å². The first-order valence-electron chi connectivity index (χ1n) is 10.8. The lowest BCUT2D eigenvalue weighted by molar-refractivity contribution is -0.142. The van der Waals surface area contributed by atoms with E-state index in [0.29, 0.717) is 12.8 Å². The van der Waals surface area contributed by atoms with E-state index in [9.17, 15) is 23.3 Å². The Morgan fingerprint density at radius 3 is 2.45 bits per heavy atom. The van der Waals surface area contributed by atoms with Gasteiger partial charge in [0.2, 0.25) is 11.8 Å². The van der Waals surface area contributed by atoms with E-state index in [-0.39, 0.29) is 34.7 Å². The molecule has 2 unspecified atom stereocenters. The monoisotopic (exact) mass is 463 g/mol.